The second-order valence-corrected chi connectivity index (χ2v) is 5.81. The maximum Gasteiger partial charge on any atom is 0.401 e. The summed E-state index contributed by atoms with van der Waals surface area (Å²) in [6.07, 6.45) is -0.233. The zero-order valence-corrected chi connectivity index (χ0v) is 10.3. The number of hydrogen-bond donors (Lipinski definition) is 1. The molecule has 2 aliphatic rings. The molecule has 0 radical (unpaired) electrons. The number of alkyl halides is 3. The number of halogens is 3. The van der Waals surface area contributed by atoms with E-state index in [9.17, 15) is 13.2 Å². The van der Waals surface area contributed by atoms with Crippen molar-refractivity contribution in [3.05, 3.63) is 0 Å². The van der Waals surface area contributed by atoms with E-state index in [1.807, 2.05) is 0 Å². The summed E-state index contributed by atoms with van der Waals surface area (Å²) in [6, 6.07) is 0.184. The monoisotopic (exact) mass is 250 g/mol. The molecule has 1 aliphatic heterocycles. The van der Waals surface area contributed by atoms with E-state index in [-0.39, 0.29) is 11.5 Å². The molecule has 1 saturated carbocycles. The van der Waals surface area contributed by atoms with Crippen molar-refractivity contribution in [1.29, 1.82) is 0 Å². The van der Waals surface area contributed by atoms with Gasteiger partial charge in [-0.2, -0.15) is 13.2 Å². The van der Waals surface area contributed by atoms with Crippen LogP contribution in [0.4, 0.5) is 13.2 Å². The predicted octanol–water partition coefficient (Wildman–Crippen LogP) is 2.40. The SMILES string of the molecule is CC1(CN(CC(F)(F)F)C2CC2)CCNCC1. The molecule has 2 nitrogen and oxygen atoms in total. The molecule has 0 aromatic heterocycles. The summed E-state index contributed by atoms with van der Waals surface area (Å²) in [7, 11) is 0. The first-order chi connectivity index (χ1) is 7.88. The summed E-state index contributed by atoms with van der Waals surface area (Å²) < 4.78 is 37.6. The molecule has 0 bridgehead atoms. The fraction of sp³-hybridized carbons (Fsp3) is 1.00. The second kappa shape index (κ2) is 4.76. The largest absolute Gasteiger partial charge is 0.401 e. The second-order valence-electron chi connectivity index (χ2n) is 5.81. The first-order valence-corrected chi connectivity index (χ1v) is 6.40. The minimum Gasteiger partial charge on any atom is -0.317 e. The van der Waals surface area contributed by atoms with Gasteiger partial charge in [0.05, 0.1) is 6.54 Å². The molecule has 100 valence electrons. The van der Waals surface area contributed by atoms with Crippen LogP contribution in [0.2, 0.25) is 0 Å². The maximum atomic E-state index is 12.5. The minimum atomic E-state index is -4.06. The van der Waals surface area contributed by atoms with Gasteiger partial charge in [0.1, 0.15) is 0 Å². The number of nitrogens with one attached hydrogen (secondary N) is 1. The average Bonchev–Trinajstić information content (AvgIpc) is 2.97. The average molecular weight is 250 g/mol. The van der Waals surface area contributed by atoms with Gasteiger partial charge in [-0.05, 0) is 44.2 Å². The van der Waals surface area contributed by atoms with Crippen molar-refractivity contribution in [3.8, 4) is 0 Å². The number of rotatable bonds is 4. The van der Waals surface area contributed by atoms with Crippen molar-refractivity contribution in [2.75, 3.05) is 26.2 Å². The highest BCUT2D eigenvalue weighted by molar-refractivity contribution is 4.91. The van der Waals surface area contributed by atoms with Crippen molar-refractivity contribution in [3.63, 3.8) is 0 Å². The molecular formula is C12H21F3N2. The van der Waals surface area contributed by atoms with Crippen LogP contribution >= 0.6 is 0 Å². The summed E-state index contributed by atoms with van der Waals surface area (Å²) in [5.41, 5.74) is 0.0547. The van der Waals surface area contributed by atoms with Crippen molar-refractivity contribution in [2.45, 2.75) is 44.8 Å². The molecule has 0 spiro atoms. The molecule has 1 saturated heterocycles. The van der Waals surface area contributed by atoms with Gasteiger partial charge in [0, 0.05) is 12.6 Å². The Morgan fingerprint density at radius 3 is 2.29 bits per heavy atom. The lowest BCUT2D eigenvalue weighted by Gasteiger charge is -2.39. The van der Waals surface area contributed by atoms with E-state index in [0.717, 1.165) is 38.8 Å². The van der Waals surface area contributed by atoms with Gasteiger partial charge in [-0.3, -0.25) is 4.90 Å². The van der Waals surface area contributed by atoms with Crippen LogP contribution in [0, 0.1) is 5.41 Å². The van der Waals surface area contributed by atoms with Gasteiger partial charge in [0.2, 0.25) is 0 Å². The highest BCUT2D eigenvalue weighted by Gasteiger charge is 2.41. The predicted molar refractivity (Wildman–Crippen MR) is 60.9 cm³/mol. The van der Waals surface area contributed by atoms with Crippen LogP contribution in [0.15, 0.2) is 0 Å². The molecule has 2 rings (SSSR count). The third kappa shape index (κ3) is 4.14. The summed E-state index contributed by atoms with van der Waals surface area (Å²) >= 11 is 0. The lowest BCUT2D eigenvalue weighted by atomic mass is 9.80. The normalized spacial score (nSPS) is 25.2. The van der Waals surface area contributed by atoms with Crippen LogP contribution in [0.5, 0.6) is 0 Å². The Balaban J connectivity index is 1.92. The van der Waals surface area contributed by atoms with Crippen molar-refractivity contribution in [2.24, 2.45) is 5.41 Å². The lowest BCUT2D eigenvalue weighted by molar-refractivity contribution is -0.150. The minimum absolute atomic E-state index is 0.0547. The summed E-state index contributed by atoms with van der Waals surface area (Å²) in [4.78, 5) is 1.66. The number of nitrogens with zero attached hydrogens (tertiary/aromatic N) is 1. The van der Waals surface area contributed by atoms with Crippen molar-refractivity contribution >= 4 is 0 Å². The topological polar surface area (TPSA) is 15.3 Å². The van der Waals surface area contributed by atoms with Crippen LogP contribution in [0.1, 0.15) is 32.6 Å². The van der Waals surface area contributed by atoms with Crippen molar-refractivity contribution in [1.82, 2.24) is 10.2 Å². The van der Waals surface area contributed by atoms with E-state index < -0.39 is 12.7 Å². The Morgan fingerprint density at radius 1 is 1.24 bits per heavy atom. The molecule has 0 aromatic carbocycles. The highest BCUT2D eigenvalue weighted by atomic mass is 19.4. The smallest absolute Gasteiger partial charge is 0.317 e. The molecule has 0 unspecified atom stereocenters. The fourth-order valence-electron chi connectivity index (χ4n) is 2.66. The van der Waals surface area contributed by atoms with Crippen LogP contribution in [-0.4, -0.2) is 43.3 Å². The first-order valence-electron chi connectivity index (χ1n) is 6.40. The molecule has 0 amide bonds. The third-order valence-electron chi connectivity index (χ3n) is 3.84. The van der Waals surface area contributed by atoms with Crippen LogP contribution < -0.4 is 5.32 Å². The van der Waals surface area contributed by atoms with Gasteiger partial charge in [-0.25, -0.2) is 0 Å². The molecule has 0 atom stereocenters. The standard InChI is InChI=1S/C12H21F3N2/c1-11(4-6-16-7-5-11)8-17(10-2-3-10)9-12(13,14)15/h10,16H,2-9H2,1H3. The van der Waals surface area contributed by atoms with Crippen LogP contribution in [0.3, 0.4) is 0 Å². The Labute approximate surface area is 101 Å². The molecular weight excluding hydrogens is 229 g/mol. The van der Waals surface area contributed by atoms with E-state index >= 15 is 0 Å². The number of piperidine rings is 1. The summed E-state index contributed by atoms with van der Waals surface area (Å²) in [6.45, 7) is 3.85. The molecule has 5 heteroatoms. The van der Waals surface area contributed by atoms with Gasteiger partial charge in [-0.15, -0.1) is 0 Å². The van der Waals surface area contributed by atoms with Crippen LogP contribution in [0.25, 0.3) is 0 Å². The zero-order chi connectivity index (χ0) is 12.5. The molecule has 0 aromatic rings. The van der Waals surface area contributed by atoms with Gasteiger partial charge >= 0.3 is 6.18 Å². The van der Waals surface area contributed by atoms with Gasteiger partial charge < -0.3 is 5.32 Å². The third-order valence-corrected chi connectivity index (χ3v) is 3.84. The zero-order valence-electron chi connectivity index (χ0n) is 10.3. The fourth-order valence-corrected chi connectivity index (χ4v) is 2.66. The quantitative estimate of drug-likeness (QED) is 0.824. The number of hydrogen-bond acceptors (Lipinski definition) is 2. The van der Waals surface area contributed by atoms with Crippen molar-refractivity contribution < 1.29 is 13.2 Å². The van der Waals surface area contributed by atoms with E-state index in [1.54, 1.807) is 4.90 Å². The lowest BCUT2D eigenvalue weighted by Crippen LogP contribution is -2.46. The Morgan fingerprint density at radius 2 is 1.82 bits per heavy atom. The summed E-state index contributed by atoms with van der Waals surface area (Å²) in [5, 5.41) is 3.27. The van der Waals surface area contributed by atoms with E-state index in [1.165, 1.54) is 0 Å². The summed E-state index contributed by atoms with van der Waals surface area (Å²) in [5.74, 6) is 0. The molecule has 1 aliphatic carbocycles. The van der Waals surface area contributed by atoms with Gasteiger partial charge in [0.15, 0.2) is 0 Å². The Hall–Kier alpha value is -0.290. The highest BCUT2D eigenvalue weighted by Crippen LogP contribution is 2.36. The van der Waals surface area contributed by atoms with E-state index in [0.29, 0.717) is 6.54 Å². The molecule has 2 fully saturated rings. The molecule has 1 heterocycles. The van der Waals surface area contributed by atoms with E-state index in [2.05, 4.69) is 12.2 Å². The molecule has 1 N–H and O–H groups in total. The Kier molecular flexibility index (Phi) is 3.69. The first kappa shape index (κ1) is 13.1. The Bertz CT molecular complexity index is 255. The van der Waals surface area contributed by atoms with E-state index in [4.69, 9.17) is 0 Å². The van der Waals surface area contributed by atoms with Crippen LogP contribution in [-0.2, 0) is 0 Å². The maximum absolute atomic E-state index is 12.5. The van der Waals surface area contributed by atoms with Gasteiger partial charge in [-0.1, -0.05) is 6.92 Å². The van der Waals surface area contributed by atoms with Gasteiger partial charge in [0.25, 0.3) is 0 Å². The molecule has 17 heavy (non-hydrogen) atoms.